The second kappa shape index (κ2) is 4.50. The molecular weight excluding hydrogens is 205 g/mol. The number of hydrogen-bond donors (Lipinski definition) is 1. The summed E-state index contributed by atoms with van der Waals surface area (Å²) in [5.41, 5.74) is 0. The van der Waals surface area contributed by atoms with Gasteiger partial charge in [-0.1, -0.05) is 0 Å². The van der Waals surface area contributed by atoms with Crippen LogP contribution < -0.4 is 55.5 Å². The number of rotatable bonds is 2. The van der Waals surface area contributed by atoms with Crippen LogP contribution in [0, 0.1) is 0 Å². The SMILES string of the molecule is CS(=O)(=O)NS(C)(=O)=O.[H-].[K+]. The molecule has 0 rings (SSSR count). The Morgan fingerprint density at radius 1 is 1.00 bits per heavy atom. The van der Waals surface area contributed by atoms with Crippen molar-refractivity contribution in [3.05, 3.63) is 0 Å². The molecule has 0 fully saturated rings. The molecule has 0 heterocycles. The summed E-state index contributed by atoms with van der Waals surface area (Å²) >= 11 is 0. The van der Waals surface area contributed by atoms with Crippen molar-refractivity contribution in [1.82, 2.24) is 4.13 Å². The zero-order valence-electron chi connectivity index (χ0n) is 6.95. The Bertz CT molecular complexity index is 251. The van der Waals surface area contributed by atoms with Gasteiger partial charge in [-0.05, 0) is 0 Å². The van der Waals surface area contributed by atoms with Crippen molar-refractivity contribution in [3.63, 3.8) is 0 Å². The molecule has 0 amide bonds. The van der Waals surface area contributed by atoms with Gasteiger partial charge in [0.15, 0.2) is 0 Å². The fraction of sp³-hybridized carbons (Fsp3) is 1.00. The van der Waals surface area contributed by atoms with Crippen LogP contribution in [-0.4, -0.2) is 29.3 Å². The molecule has 1 N–H and O–H groups in total. The van der Waals surface area contributed by atoms with Gasteiger partial charge in [0.05, 0.1) is 12.5 Å². The van der Waals surface area contributed by atoms with Gasteiger partial charge in [-0.15, -0.1) is 4.13 Å². The maximum absolute atomic E-state index is 10.2. The van der Waals surface area contributed by atoms with E-state index in [0.717, 1.165) is 12.5 Å². The molecular formula is C2H8KNO4S2. The van der Waals surface area contributed by atoms with Crippen molar-refractivity contribution in [2.24, 2.45) is 0 Å². The van der Waals surface area contributed by atoms with Crippen molar-refractivity contribution in [2.45, 2.75) is 0 Å². The van der Waals surface area contributed by atoms with Crippen LogP contribution in [0.2, 0.25) is 0 Å². The average molecular weight is 213 g/mol. The van der Waals surface area contributed by atoms with Gasteiger partial charge >= 0.3 is 51.4 Å². The van der Waals surface area contributed by atoms with E-state index < -0.39 is 20.0 Å². The fourth-order valence-corrected chi connectivity index (χ4v) is 2.47. The minimum atomic E-state index is -3.62. The topological polar surface area (TPSA) is 80.3 Å². The first kappa shape index (κ1) is 14.0. The Kier molecular flexibility index (Phi) is 6.33. The number of nitrogens with one attached hydrogen (secondary N) is 1. The van der Waals surface area contributed by atoms with Crippen molar-refractivity contribution in [2.75, 3.05) is 12.5 Å². The van der Waals surface area contributed by atoms with E-state index in [4.69, 9.17) is 0 Å². The summed E-state index contributed by atoms with van der Waals surface area (Å²) in [7, 11) is -7.24. The molecule has 0 radical (unpaired) electrons. The maximum Gasteiger partial charge on any atom is 1.00 e. The van der Waals surface area contributed by atoms with E-state index in [1.807, 2.05) is 0 Å². The molecule has 58 valence electrons. The molecule has 0 saturated carbocycles. The monoisotopic (exact) mass is 213 g/mol. The molecule has 10 heavy (non-hydrogen) atoms. The molecule has 0 aromatic heterocycles. The molecule has 5 nitrogen and oxygen atoms in total. The van der Waals surface area contributed by atoms with Crippen LogP contribution >= 0.6 is 0 Å². The van der Waals surface area contributed by atoms with E-state index in [1.165, 1.54) is 4.13 Å². The third kappa shape index (κ3) is 12.2. The van der Waals surface area contributed by atoms with E-state index in [0.29, 0.717) is 0 Å². The van der Waals surface area contributed by atoms with E-state index in [9.17, 15) is 16.8 Å². The van der Waals surface area contributed by atoms with Gasteiger partial charge in [-0.2, -0.15) is 0 Å². The van der Waals surface area contributed by atoms with E-state index in [2.05, 4.69) is 0 Å². The Morgan fingerprint density at radius 2 is 1.20 bits per heavy atom. The first-order valence-electron chi connectivity index (χ1n) is 1.89. The standard InChI is InChI=1S/C2H7NO4S2.K.H/c1-8(4,5)3-9(2,6)7;;/h3H,1-2H3;;/q;+1;-1. The van der Waals surface area contributed by atoms with E-state index in [1.54, 1.807) is 0 Å². The maximum atomic E-state index is 10.2. The minimum absolute atomic E-state index is 0. The Labute approximate surface area is 105 Å². The van der Waals surface area contributed by atoms with Crippen molar-refractivity contribution in [1.29, 1.82) is 0 Å². The van der Waals surface area contributed by atoms with Crippen molar-refractivity contribution >= 4 is 20.0 Å². The normalized spacial score (nSPS) is 12.2. The van der Waals surface area contributed by atoms with Crippen LogP contribution in [0.25, 0.3) is 0 Å². The zero-order valence-corrected chi connectivity index (χ0v) is 10.7. The van der Waals surface area contributed by atoms with Crippen LogP contribution in [0.5, 0.6) is 0 Å². The summed E-state index contributed by atoms with van der Waals surface area (Å²) in [6.07, 6.45) is 1.54. The van der Waals surface area contributed by atoms with Crippen LogP contribution in [0.3, 0.4) is 0 Å². The molecule has 0 atom stereocenters. The van der Waals surface area contributed by atoms with Crippen molar-refractivity contribution < 1.29 is 69.6 Å². The molecule has 0 spiro atoms. The van der Waals surface area contributed by atoms with E-state index >= 15 is 0 Å². The van der Waals surface area contributed by atoms with Crippen LogP contribution in [0.1, 0.15) is 1.43 Å². The summed E-state index contributed by atoms with van der Waals surface area (Å²) in [5.74, 6) is 0. The molecule has 8 heteroatoms. The van der Waals surface area contributed by atoms with Gasteiger partial charge in [0.25, 0.3) is 0 Å². The van der Waals surface area contributed by atoms with Gasteiger partial charge < -0.3 is 1.43 Å². The predicted molar refractivity (Wildman–Crippen MR) is 33.9 cm³/mol. The van der Waals surface area contributed by atoms with Crippen molar-refractivity contribution in [3.8, 4) is 0 Å². The smallest absolute Gasteiger partial charge is 1.00 e. The molecule has 0 unspecified atom stereocenters. The van der Waals surface area contributed by atoms with Gasteiger partial charge in [0, 0.05) is 0 Å². The summed E-state index contributed by atoms with van der Waals surface area (Å²) in [6.45, 7) is 0. The summed E-state index contributed by atoms with van der Waals surface area (Å²) < 4.78 is 42.0. The third-order valence-corrected chi connectivity index (χ3v) is 2.72. The fourth-order valence-electron chi connectivity index (χ4n) is 0.275. The van der Waals surface area contributed by atoms with Gasteiger partial charge in [-0.25, -0.2) is 16.8 Å². The molecule has 0 aromatic carbocycles. The zero-order chi connectivity index (χ0) is 7.71. The molecule has 0 aliphatic carbocycles. The van der Waals surface area contributed by atoms with Gasteiger partial charge in [0.1, 0.15) is 0 Å². The average Bonchev–Trinajstić information content (AvgIpc) is 1.14. The van der Waals surface area contributed by atoms with Gasteiger partial charge in [-0.3, -0.25) is 0 Å². The summed E-state index contributed by atoms with van der Waals surface area (Å²) in [6, 6.07) is 0. The number of hydrogen-bond acceptors (Lipinski definition) is 4. The largest absolute Gasteiger partial charge is 1.00 e. The quantitative estimate of drug-likeness (QED) is 0.470. The van der Waals surface area contributed by atoms with E-state index in [-0.39, 0.29) is 52.8 Å². The summed E-state index contributed by atoms with van der Waals surface area (Å²) in [5, 5.41) is 0. The molecule has 0 bridgehead atoms. The molecule has 0 aromatic rings. The van der Waals surface area contributed by atoms with Gasteiger partial charge in [0.2, 0.25) is 20.0 Å². The molecule has 0 aliphatic rings. The molecule has 0 aliphatic heterocycles. The summed E-state index contributed by atoms with van der Waals surface area (Å²) in [4.78, 5) is 0. The second-order valence-corrected chi connectivity index (χ2v) is 5.38. The Morgan fingerprint density at radius 3 is 1.20 bits per heavy atom. The number of sulfonamides is 2. The third-order valence-electron chi connectivity index (χ3n) is 0.303. The minimum Gasteiger partial charge on any atom is -1.00 e. The predicted octanol–water partition coefficient (Wildman–Crippen LogP) is -4.39. The first-order chi connectivity index (χ1) is 3.71. The van der Waals surface area contributed by atoms with Crippen LogP contribution in [0.4, 0.5) is 0 Å². The molecule has 0 saturated heterocycles. The van der Waals surface area contributed by atoms with Crippen LogP contribution in [0.15, 0.2) is 0 Å². The Balaban J connectivity index is -0.000000320. The Hall–Kier alpha value is 1.50. The van der Waals surface area contributed by atoms with Crippen LogP contribution in [-0.2, 0) is 20.0 Å². The first-order valence-corrected chi connectivity index (χ1v) is 5.67. The second-order valence-electron chi connectivity index (χ2n) is 1.63.